The lowest BCUT2D eigenvalue weighted by molar-refractivity contribution is -0.139. The third kappa shape index (κ3) is 8.62. The molecule has 0 aliphatic carbocycles. The highest BCUT2D eigenvalue weighted by molar-refractivity contribution is 7.99. The number of urea groups is 1. The molecule has 0 saturated carbocycles. The Bertz CT molecular complexity index is 1360. The third-order valence-corrected chi connectivity index (χ3v) is 10.8. The van der Waals surface area contributed by atoms with Crippen LogP contribution in [0.3, 0.4) is 0 Å². The highest BCUT2D eigenvalue weighted by atomic mass is 32.2. The van der Waals surface area contributed by atoms with Crippen molar-refractivity contribution in [1.29, 1.82) is 0 Å². The van der Waals surface area contributed by atoms with Crippen LogP contribution < -0.4 is 0 Å². The Labute approximate surface area is 278 Å². The van der Waals surface area contributed by atoms with Crippen LogP contribution in [0, 0.1) is 0 Å². The predicted molar refractivity (Wildman–Crippen MR) is 172 cm³/mol. The predicted octanol–water partition coefficient (Wildman–Crippen LogP) is 4.75. The summed E-state index contributed by atoms with van der Waals surface area (Å²) in [5.74, 6) is 0.445. The maximum atomic E-state index is 14.2. The van der Waals surface area contributed by atoms with Gasteiger partial charge in [0.1, 0.15) is 6.17 Å². The van der Waals surface area contributed by atoms with E-state index in [4.69, 9.17) is 9.84 Å². The van der Waals surface area contributed by atoms with Crippen LogP contribution in [0.4, 0.5) is 22.4 Å². The molecule has 2 amide bonds. The zero-order chi connectivity index (χ0) is 33.0. The number of aliphatic hydroxyl groups is 1. The molecule has 260 valence electrons. The Balaban J connectivity index is 1.27. The fourth-order valence-electron chi connectivity index (χ4n) is 7.12. The number of alkyl halides is 4. The van der Waals surface area contributed by atoms with Crippen LogP contribution in [0.5, 0.6) is 0 Å². The minimum Gasteiger partial charge on any atom is -0.390 e. The topological polar surface area (TPSA) is 77.3 Å². The second-order valence-electron chi connectivity index (χ2n) is 13.1. The normalized spacial score (nSPS) is 21.2. The number of carbonyl (C=O) groups is 1. The van der Waals surface area contributed by atoms with E-state index in [9.17, 15) is 27.5 Å². The number of fused-ring (bicyclic) bond motifs is 1. The molecule has 1 atom stereocenters. The minimum absolute atomic E-state index is 0.0803. The van der Waals surface area contributed by atoms with Gasteiger partial charge in [-0.1, -0.05) is 12.5 Å². The van der Waals surface area contributed by atoms with E-state index in [2.05, 4.69) is 9.80 Å². The number of likely N-dealkylation sites (tertiary alicyclic amines) is 2. The highest BCUT2D eigenvalue weighted by Crippen LogP contribution is 2.40. The molecule has 0 unspecified atom stereocenters. The first-order chi connectivity index (χ1) is 22.7. The number of carbonyl (C=O) groups excluding carboxylic acids is 1. The average molecular weight is 683 g/mol. The third-order valence-electron chi connectivity index (χ3n) is 9.73. The van der Waals surface area contributed by atoms with Gasteiger partial charge in [0.25, 0.3) is 0 Å². The first-order valence-electron chi connectivity index (χ1n) is 17.0. The van der Waals surface area contributed by atoms with Gasteiger partial charge >= 0.3 is 12.2 Å². The number of β-amino-alcohol motifs (C(OH)–C–C–N with tert-alkyl or cyclic N) is 1. The monoisotopic (exact) mass is 682 g/mol. The van der Waals surface area contributed by atoms with Crippen molar-refractivity contribution in [2.75, 3.05) is 77.9 Å². The van der Waals surface area contributed by atoms with Crippen LogP contribution in [0.15, 0.2) is 23.1 Å². The molecule has 3 saturated heterocycles. The fraction of sp³-hybridized carbons (Fsp3) is 0.697. The van der Waals surface area contributed by atoms with Crippen molar-refractivity contribution in [2.45, 2.75) is 75.0 Å². The van der Waals surface area contributed by atoms with Gasteiger partial charge in [0.15, 0.2) is 0 Å². The van der Waals surface area contributed by atoms with Crippen molar-refractivity contribution in [3.63, 3.8) is 0 Å². The highest BCUT2D eigenvalue weighted by Gasteiger charge is 2.35. The number of hydrogen-bond donors (Lipinski definition) is 1. The second kappa shape index (κ2) is 15.4. The molecule has 6 rings (SSSR count). The summed E-state index contributed by atoms with van der Waals surface area (Å²) in [5.41, 5.74) is 2.13. The largest absolute Gasteiger partial charge is 0.417 e. The maximum absolute atomic E-state index is 14.2. The molecule has 2 aromatic rings. The average Bonchev–Trinajstić information content (AvgIpc) is 3.42. The summed E-state index contributed by atoms with van der Waals surface area (Å²) in [4.78, 5) is 21.5. The van der Waals surface area contributed by atoms with Gasteiger partial charge in [-0.15, -0.1) is 11.8 Å². The number of ether oxygens (including phenoxy) is 1. The second-order valence-corrected chi connectivity index (χ2v) is 14.2. The van der Waals surface area contributed by atoms with Gasteiger partial charge in [0.2, 0.25) is 0 Å². The van der Waals surface area contributed by atoms with Crippen LogP contribution in [-0.4, -0.2) is 131 Å². The fourth-order valence-corrected chi connectivity index (χ4v) is 8.24. The summed E-state index contributed by atoms with van der Waals surface area (Å²) >= 11 is 1.16. The molecule has 1 N–H and O–H groups in total. The molecule has 0 radical (unpaired) electrons. The number of thioether (sulfide) groups is 1. The van der Waals surface area contributed by atoms with Gasteiger partial charge in [-0.05, 0) is 50.9 Å². The molecule has 4 aliphatic rings. The van der Waals surface area contributed by atoms with Crippen molar-refractivity contribution in [3.05, 3.63) is 35.0 Å². The van der Waals surface area contributed by atoms with E-state index in [1.54, 1.807) is 15.9 Å². The summed E-state index contributed by atoms with van der Waals surface area (Å²) in [6, 6.07) is 4.09. The van der Waals surface area contributed by atoms with Gasteiger partial charge in [-0.3, -0.25) is 4.68 Å². The summed E-state index contributed by atoms with van der Waals surface area (Å²) in [6.45, 7) is 7.32. The van der Waals surface area contributed by atoms with Crippen LogP contribution in [0.2, 0.25) is 0 Å². The lowest BCUT2D eigenvalue weighted by Gasteiger charge is -2.35. The Morgan fingerprint density at radius 1 is 0.979 bits per heavy atom. The van der Waals surface area contributed by atoms with Crippen molar-refractivity contribution >= 4 is 17.8 Å². The molecular formula is C33H46F4N6O3S. The first-order valence-corrected chi connectivity index (χ1v) is 18.0. The molecule has 5 heterocycles. The number of morpholine rings is 1. The number of benzene rings is 1. The lowest BCUT2D eigenvalue weighted by atomic mass is 10.00. The number of amides is 2. The van der Waals surface area contributed by atoms with Crippen LogP contribution in [0.1, 0.15) is 48.9 Å². The summed E-state index contributed by atoms with van der Waals surface area (Å²) in [6.07, 6.45) is -1.09. The Kier molecular flexibility index (Phi) is 11.3. The number of aromatic nitrogens is 2. The number of aliphatic hydroxyl groups excluding tert-OH is 1. The number of halogens is 4. The van der Waals surface area contributed by atoms with E-state index in [0.29, 0.717) is 95.3 Å². The molecule has 1 aromatic carbocycles. The summed E-state index contributed by atoms with van der Waals surface area (Å²) < 4.78 is 63.3. The summed E-state index contributed by atoms with van der Waals surface area (Å²) in [7, 11) is 0. The van der Waals surface area contributed by atoms with Gasteiger partial charge in [0, 0.05) is 79.7 Å². The van der Waals surface area contributed by atoms with Crippen molar-refractivity contribution in [1.82, 2.24) is 29.4 Å². The van der Waals surface area contributed by atoms with E-state index in [0.717, 1.165) is 55.0 Å². The number of piperidine rings is 2. The molecule has 9 nitrogen and oxygen atoms in total. The van der Waals surface area contributed by atoms with Crippen LogP contribution >= 0.6 is 11.8 Å². The zero-order valence-electron chi connectivity index (χ0n) is 26.9. The molecule has 0 spiro atoms. The number of rotatable bonds is 9. The Morgan fingerprint density at radius 2 is 1.72 bits per heavy atom. The Morgan fingerprint density at radius 3 is 2.45 bits per heavy atom. The minimum atomic E-state index is -4.52. The van der Waals surface area contributed by atoms with E-state index in [1.165, 1.54) is 12.5 Å². The van der Waals surface area contributed by atoms with Gasteiger partial charge < -0.3 is 29.4 Å². The molecule has 14 heteroatoms. The molecule has 1 aromatic heterocycles. The maximum Gasteiger partial charge on any atom is 0.417 e. The van der Waals surface area contributed by atoms with Crippen LogP contribution in [0.25, 0.3) is 11.3 Å². The summed E-state index contributed by atoms with van der Waals surface area (Å²) in [5, 5.41) is 16.0. The molecule has 0 bridgehead atoms. The Hall–Kier alpha value is -2.39. The van der Waals surface area contributed by atoms with Crippen LogP contribution in [-0.2, 0) is 30.4 Å². The van der Waals surface area contributed by atoms with E-state index < -0.39 is 24.0 Å². The molecule has 4 aliphatic heterocycles. The van der Waals surface area contributed by atoms with E-state index >= 15 is 0 Å². The SMILES string of the molecule is O=C(N1CCOCC1)N1CCc2c(c(-c3ccc(C(F)(F)F)c(SCCN4CCC(F)CC4)c3)nn2C[C@@H](O)CN2CCCCC2)C1. The van der Waals surface area contributed by atoms with Gasteiger partial charge in [-0.2, -0.15) is 18.3 Å². The van der Waals surface area contributed by atoms with Crippen molar-refractivity contribution in [3.8, 4) is 11.3 Å². The molecule has 47 heavy (non-hydrogen) atoms. The smallest absolute Gasteiger partial charge is 0.390 e. The molecule has 3 fully saturated rings. The van der Waals surface area contributed by atoms with E-state index in [-0.39, 0.29) is 24.0 Å². The number of nitrogens with zero attached hydrogens (tertiary/aromatic N) is 6. The van der Waals surface area contributed by atoms with Gasteiger partial charge in [-0.25, -0.2) is 9.18 Å². The zero-order valence-corrected chi connectivity index (χ0v) is 27.7. The first kappa shape index (κ1) is 34.5. The van der Waals surface area contributed by atoms with Crippen molar-refractivity contribution < 1.29 is 32.2 Å². The molecular weight excluding hydrogens is 636 g/mol. The van der Waals surface area contributed by atoms with Crippen molar-refractivity contribution in [2.24, 2.45) is 0 Å². The number of hydrogen-bond acceptors (Lipinski definition) is 7. The lowest BCUT2D eigenvalue weighted by Crippen LogP contribution is -2.49. The quantitative estimate of drug-likeness (QED) is 0.302. The standard InChI is InChI=1S/C33H46F4N6O3S/c34-25-6-11-39(12-7-25)16-19-47-30-20-24(4-5-28(30)33(35,36)37)31-27-23-42(32(45)41-14-17-46-18-15-41)13-8-29(27)43(38-31)22-26(44)21-40-9-2-1-3-10-40/h4-5,20,25-26,44H,1-3,6-19,21-23H2/t26-/m0/s1. The van der Waals surface area contributed by atoms with Gasteiger partial charge in [0.05, 0.1) is 43.7 Å². The van der Waals surface area contributed by atoms with E-state index in [1.807, 2.05) is 4.68 Å².